The normalized spacial score (nSPS) is 27.3. The van der Waals surface area contributed by atoms with E-state index in [1.165, 1.54) is 0 Å². The summed E-state index contributed by atoms with van der Waals surface area (Å²) >= 11 is 0. The van der Waals surface area contributed by atoms with E-state index in [-0.39, 0.29) is 59.1 Å². The Kier molecular flexibility index (Phi) is 11.1. The quantitative estimate of drug-likeness (QED) is 0.176. The van der Waals surface area contributed by atoms with Gasteiger partial charge in [-0.2, -0.15) is 4.31 Å². The van der Waals surface area contributed by atoms with Gasteiger partial charge in [0.15, 0.2) is 6.23 Å². The topological polar surface area (TPSA) is 218 Å². The molecule has 14 nitrogen and oxygen atoms in total. The average molecular weight is 450 g/mol. The third-order valence-corrected chi connectivity index (χ3v) is 5.23. The van der Waals surface area contributed by atoms with Crippen molar-refractivity contribution in [2.45, 2.75) is 24.5 Å². The van der Waals surface area contributed by atoms with Crippen LogP contribution in [-0.4, -0.2) is 59.4 Å². The predicted octanol–water partition coefficient (Wildman–Crippen LogP) is -8.61. The minimum absolute atomic E-state index is 0. The molecule has 142 valence electrons. The van der Waals surface area contributed by atoms with Gasteiger partial charge in [0.05, 0.1) is 6.61 Å². The third kappa shape index (κ3) is 7.87. The number of hydrogen-bond donors (Lipinski definition) is 6. The number of ether oxygens (including phenoxy) is 1. The fourth-order valence-electron chi connectivity index (χ4n) is 2.05. The summed E-state index contributed by atoms with van der Waals surface area (Å²) in [4.78, 5) is 50.7. The third-order valence-electron chi connectivity index (χ3n) is 3.07. The summed E-state index contributed by atoms with van der Waals surface area (Å²) in [6.07, 6.45) is -5.25. The Labute approximate surface area is 194 Å². The van der Waals surface area contributed by atoms with Crippen LogP contribution in [0, 0.1) is 0 Å². The van der Waals surface area contributed by atoms with E-state index in [9.17, 15) is 28.9 Å². The van der Waals surface area contributed by atoms with E-state index in [1.807, 2.05) is 4.98 Å². The second-order valence-electron chi connectivity index (χ2n) is 4.90. The Morgan fingerprint density at radius 1 is 1.15 bits per heavy atom. The molecule has 6 N–H and O–H groups in total. The molecule has 1 aromatic rings. The van der Waals surface area contributed by atoms with Crippen molar-refractivity contribution in [3.8, 4) is 0 Å². The first kappa shape index (κ1) is 27.8. The zero-order chi connectivity index (χ0) is 19.0. The van der Waals surface area contributed by atoms with E-state index >= 15 is 0 Å². The molecule has 1 aliphatic rings. The first-order valence-corrected chi connectivity index (χ1v) is 9.49. The maximum Gasteiger partial charge on any atom is 1.00 e. The van der Waals surface area contributed by atoms with E-state index in [0.717, 1.165) is 16.8 Å². The summed E-state index contributed by atoms with van der Waals surface area (Å²) in [6, 6.07) is 0.962. The van der Waals surface area contributed by atoms with Gasteiger partial charge in [0.25, 0.3) is 5.56 Å². The summed E-state index contributed by atoms with van der Waals surface area (Å²) in [6.45, 7) is -0.902. The molecule has 2 heterocycles. The largest absolute Gasteiger partial charge is 1.00 e. The molecule has 5 atom stereocenters. The average Bonchev–Trinajstić information content (AvgIpc) is 2.71. The number of hydrogen-bond acceptors (Lipinski definition) is 9. The van der Waals surface area contributed by atoms with Crippen LogP contribution in [0.25, 0.3) is 0 Å². The van der Waals surface area contributed by atoms with E-state index in [2.05, 4.69) is 8.83 Å². The summed E-state index contributed by atoms with van der Waals surface area (Å²) in [7, 11) is -10.5. The zero-order valence-corrected chi connectivity index (χ0v) is 19.9. The van der Waals surface area contributed by atoms with Crippen molar-refractivity contribution in [2.24, 2.45) is 0 Å². The van der Waals surface area contributed by atoms with Gasteiger partial charge in [-0.15, -0.1) is 0 Å². The molecule has 0 radical (unpaired) electrons. The van der Waals surface area contributed by atoms with Crippen molar-refractivity contribution in [1.29, 1.82) is 0 Å². The van der Waals surface area contributed by atoms with Crippen LogP contribution in [-0.2, 0) is 22.7 Å². The number of nitrogens with zero attached hydrogens (tertiary/aromatic N) is 1. The molecule has 1 aliphatic heterocycles. The Bertz CT molecular complexity index is 839. The SMILES string of the molecule is O=c1ccn([C@@H]2O[C@H](COP(=O)(O)OP(=O)(O)O)[C@@H](O)[C@H]2O)c(=O)[nH]1.[Na+].[Na+]. The Balaban J connectivity index is 0.00000338. The van der Waals surface area contributed by atoms with E-state index in [1.54, 1.807) is 0 Å². The van der Waals surface area contributed by atoms with Gasteiger partial charge < -0.3 is 29.6 Å². The molecule has 27 heavy (non-hydrogen) atoms. The molecule has 0 saturated carbocycles. The molecule has 0 bridgehead atoms. The number of aromatic nitrogens is 2. The monoisotopic (exact) mass is 450 g/mol. The minimum Gasteiger partial charge on any atom is -0.387 e. The Hall–Kier alpha value is 0.820. The second kappa shape index (κ2) is 10.7. The van der Waals surface area contributed by atoms with Crippen molar-refractivity contribution in [1.82, 2.24) is 9.55 Å². The predicted molar refractivity (Wildman–Crippen MR) is 76.2 cm³/mol. The van der Waals surface area contributed by atoms with Crippen molar-refractivity contribution >= 4 is 15.6 Å². The van der Waals surface area contributed by atoms with Crippen LogP contribution in [0.15, 0.2) is 21.9 Å². The summed E-state index contributed by atoms with van der Waals surface area (Å²) in [5, 5.41) is 19.8. The summed E-state index contributed by atoms with van der Waals surface area (Å²) < 4.78 is 35.6. The molecule has 18 heteroatoms. The van der Waals surface area contributed by atoms with Crippen LogP contribution >= 0.6 is 15.6 Å². The van der Waals surface area contributed by atoms with Crippen molar-refractivity contribution in [2.75, 3.05) is 6.61 Å². The van der Waals surface area contributed by atoms with Gasteiger partial charge in [0.2, 0.25) is 0 Å². The first-order valence-electron chi connectivity index (χ1n) is 6.47. The molecule has 0 aliphatic carbocycles. The molecule has 0 amide bonds. The van der Waals surface area contributed by atoms with Gasteiger partial charge in [-0.05, 0) is 0 Å². The van der Waals surface area contributed by atoms with Crippen molar-refractivity contribution in [3.63, 3.8) is 0 Å². The summed E-state index contributed by atoms with van der Waals surface area (Å²) in [5.41, 5.74) is -1.65. The fraction of sp³-hybridized carbons (Fsp3) is 0.556. The second-order valence-corrected chi connectivity index (χ2v) is 7.73. The van der Waals surface area contributed by atoms with Gasteiger partial charge in [0, 0.05) is 12.3 Å². The number of aromatic amines is 1. The Morgan fingerprint density at radius 3 is 2.26 bits per heavy atom. The van der Waals surface area contributed by atoms with Crippen LogP contribution in [0.2, 0.25) is 0 Å². The number of phosphoric ester groups is 1. The number of H-pyrrole nitrogens is 1. The molecule has 1 saturated heterocycles. The van der Waals surface area contributed by atoms with Gasteiger partial charge in [-0.1, -0.05) is 0 Å². The maximum absolute atomic E-state index is 11.7. The van der Waals surface area contributed by atoms with E-state index in [0.29, 0.717) is 0 Å². The summed E-state index contributed by atoms with van der Waals surface area (Å²) in [5.74, 6) is 0. The van der Waals surface area contributed by atoms with Crippen molar-refractivity contribution < 1.29 is 107 Å². The number of aliphatic hydroxyl groups is 2. The number of rotatable bonds is 6. The van der Waals surface area contributed by atoms with Crippen LogP contribution in [0.1, 0.15) is 6.23 Å². The van der Waals surface area contributed by atoms with Gasteiger partial charge in [0.1, 0.15) is 18.3 Å². The molecule has 1 aromatic heterocycles. The molecular weight excluding hydrogens is 436 g/mol. The zero-order valence-electron chi connectivity index (χ0n) is 14.1. The molecule has 0 spiro atoms. The Morgan fingerprint density at radius 2 is 1.74 bits per heavy atom. The van der Waals surface area contributed by atoms with Gasteiger partial charge in [-0.25, -0.2) is 13.9 Å². The molecule has 0 aromatic carbocycles. The maximum atomic E-state index is 11.7. The molecular formula is C9H14N2Na2O12P2+2. The number of nitrogens with one attached hydrogen (secondary N) is 1. The standard InChI is InChI=1S/C9H14N2O12P2.2Na/c12-5-1-2-11(9(15)10-5)8-7(14)6(13)4(22-8)3-21-25(19,20)23-24(16,17)18;;/h1-2,4,6-8,13-14H,3H2,(H,19,20)(H,10,12,15)(H2,16,17,18);;/q;2*+1/t4-,6-,7-,8-;;/m1../s1. The molecule has 1 unspecified atom stereocenters. The van der Waals surface area contributed by atoms with Crippen LogP contribution in [0.3, 0.4) is 0 Å². The molecule has 2 rings (SSSR count). The first-order chi connectivity index (χ1) is 11.4. The smallest absolute Gasteiger partial charge is 0.387 e. The van der Waals surface area contributed by atoms with Crippen LogP contribution in [0.4, 0.5) is 0 Å². The van der Waals surface area contributed by atoms with Gasteiger partial charge in [-0.3, -0.25) is 18.9 Å². The van der Waals surface area contributed by atoms with Crippen LogP contribution in [0.5, 0.6) is 0 Å². The fourth-order valence-corrected chi connectivity index (χ4v) is 3.65. The van der Waals surface area contributed by atoms with Gasteiger partial charge >= 0.3 is 80.4 Å². The van der Waals surface area contributed by atoms with E-state index < -0.39 is 58.0 Å². The van der Waals surface area contributed by atoms with Crippen molar-refractivity contribution in [3.05, 3.63) is 33.1 Å². The van der Waals surface area contributed by atoms with E-state index in [4.69, 9.17) is 19.4 Å². The van der Waals surface area contributed by atoms with Crippen LogP contribution < -0.4 is 70.4 Å². The number of aliphatic hydroxyl groups excluding tert-OH is 2. The molecule has 1 fully saturated rings. The minimum atomic E-state index is -5.32. The number of phosphoric acid groups is 2.